The van der Waals surface area contributed by atoms with E-state index < -0.39 is 11.7 Å². The molecule has 1 aromatic heterocycles. The maximum absolute atomic E-state index is 13.6. The molecule has 0 saturated carbocycles. The van der Waals surface area contributed by atoms with E-state index in [0.717, 1.165) is 17.0 Å². The largest absolute Gasteiger partial charge is 0.494 e. The van der Waals surface area contributed by atoms with Crippen molar-refractivity contribution in [2.45, 2.75) is 0 Å². The zero-order chi connectivity index (χ0) is 14.8. The summed E-state index contributed by atoms with van der Waals surface area (Å²) in [6, 6.07) is 9.49. The zero-order valence-corrected chi connectivity index (χ0v) is 11.2. The van der Waals surface area contributed by atoms with Crippen molar-refractivity contribution in [2.75, 3.05) is 12.4 Å². The van der Waals surface area contributed by atoms with Crippen LogP contribution in [-0.4, -0.2) is 23.2 Å². The lowest BCUT2D eigenvalue weighted by atomic mass is 10.1. The van der Waals surface area contributed by atoms with Gasteiger partial charge in [0.1, 0.15) is 0 Å². The summed E-state index contributed by atoms with van der Waals surface area (Å²) in [5, 5.41) is 10.4. The number of carbonyl (C=O) groups excluding carboxylic acids is 1. The second kappa shape index (κ2) is 5.24. The van der Waals surface area contributed by atoms with Gasteiger partial charge in [0, 0.05) is 10.9 Å². The van der Waals surface area contributed by atoms with Gasteiger partial charge in [0.05, 0.1) is 24.5 Å². The molecule has 2 aromatic carbocycles. The first-order valence-electron chi connectivity index (χ1n) is 6.26. The monoisotopic (exact) mass is 285 g/mol. The van der Waals surface area contributed by atoms with Crippen LogP contribution in [0, 0.1) is 5.82 Å². The molecule has 21 heavy (non-hydrogen) atoms. The summed E-state index contributed by atoms with van der Waals surface area (Å²) >= 11 is 0. The number of nitrogens with one attached hydrogen (secondary N) is 2. The number of fused-ring (bicyclic) bond motifs is 1. The van der Waals surface area contributed by atoms with Crippen molar-refractivity contribution in [3.8, 4) is 5.75 Å². The minimum atomic E-state index is -0.579. The van der Waals surface area contributed by atoms with Crippen LogP contribution in [0.5, 0.6) is 5.75 Å². The number of aromatic amines is 1. The van der Waals surface area contributed by atoms with E-state index in [1.807, 2.05) is 12.1 Å². The Morgan fingerprint density at radius 1 is 1.33 bits per heavy atom. The first kappa shape index (κ1) is 13.1. The smallest absolute Gasteiger partial charge is 0.255 e. The van der Waals surface area contributed by atoms with E-state index in [0.29, 0.717) is 5.69 Å². The van der Waals surface area contributed by atoms with E-state index in [4.69, 9.17) is 4.74 Å². The van der Waals surface area contributed by atoms with Crippen LogP contribution in [0.15, 0.2) is 42.6 Å². The number of halogens is 1. The molecule has 0 aliphatic heterocycles. The third-order valence-corrected chi connectivity index (χ3v) is 3.14. The molecule has 0 aliphatic carbocycles. The number of carbonyl (C=O) groups is 1. The number of anilines is 1. The molecular weight excluding hydrogens is 273 g/mol. The predicted octanol–water partition coefficient (Wildman–Crippen LogP) is 2.96. The van der Waals surface area contributed by atoms with Crippen molar-refractivity contribution in [1.82, 2.24) is 10.2 Å². The molecule has 0 radical (unpaired) electrons. The van der Waals surface area contributed by atoms with Gasteiger partial charge in [-0.3, -0.25) is 9.89 Å². The third-order valence-electron chi connectivity index (χ3n) is 3.14. The van der Waals surface area contributed by atoms with Gasteiger partial charge in [-0.1, -0.05) is 12.1 Å². The van der Waals surface area contributed by atoms with E-state index in [-0.39, 0.29) is 11.3 Å². The SMILES string of the molecule is COc1ccc(C(=O)Nc2cccc3cn[nH]c23)cc1F. The molecule has 0 unspecified atom stereocenters. The number of ether oxygens (including phenoxy) is 1. The van der Waals surface area contributed by atoms with Gasteiger partial charge in [0.15, 0.2) is 11.6 Å². The quantitative estimate of drug-likeness (QED) is 0.777. The van der Waals surface area contributed by atoms with E-state index in [1.165, 1.54) is 19.2 Å². The highest BCUT2D eigenvalue weighted by molar-refractivity contribution is 6.08. The number of H-pyrrole nitrogens is 1. The van der Waals surface area contributed by atoms with Gasteiger partial charge in [-0.2, -0.15) is 5.10 Å². The summed E-state index contributed by atoms with van der Waals surface area (Å²) in [6.07, 6.45) is 1.66. The van der Waals surface area contributed by atoms with Crippen LogP contribution in [0.4, 0.5) is 10.1 Å². The number of rotatable bonds is 3. The summed E-state index contributed by atoms with van der Waals surface area (Å²) in [7, 11) is 1.37. The number of aromatic nitrogens is 2. The fourth-order valence-corrected chi connectivity index (χ4v) is 2.08. The first-order chi connectivity index (χ1) is 10.2. The Morgan fingerprint density at radius 2 is 2.19 bits per heavy atom. The predicted molar refractivity (Wildman–Crippen MR) is 77.0 cm³/mol. The summed E-state index contributed by atoms with van der Waals surface area (Å²) in [5.41, 5.74) is 1.52. The number of para-hydroxylation sites is 1. The minimum absolute atomic E-state index is 0.0993. The van der Waals surface area contributed by atoms with Crippen LogP contribution in [0.3, 0.4) is 0 Å². The van der Waals surface area contributed by atoms with E-state index >= 15 is 0 Å². The van der Waals surface area contributed by atoms with Gasteiger partial charge in [-0.05, 0) is 24.3 Å². The van der Waals surface area contributed by atoms with Crippen LogP contribution in [-0.2, 0) is 0 Å². The van der Waals surface area contributed by atoms with Crippen LogP contribution in [0.25, 0.3) is 10.9 Å². The average Bonchev–Trinajstić information content (AvgIpc) is 2.96. The maximum atomic E-state index is 13.6. The summed E-state index contributed by atoms with van der Waals surface area (Å²) in [4.78, 5) is 12.2. The minimum Gasteiger partial charge on any atom is -0.494 e. The van der Waals surface area contributed by atoms with Crippen molar-refractivity contribution >= 4 is 22.5 Å². The Kier molecular flexibility index (Phi) is 3.27. The molecule has 106 valence electrons. The lowest BCUT2D eigenvalue weighted by molar-refractivity contribution is 0.102. The van der Waals surface area contributed by atoms with Crippen molar-refractivity contribution in [3.05, 3.63) is 54.0 Å². The van der Waals surface area contributed by atoms with Crippen LogP contribution < -0.4 is 10.1 Å². The van der Waals surface area contributed by atoms with Crippen LogP contribution >= 0.6 is 0 Å². The van der Waals surface area contributed by atoms with Crippen LogP contribution in [0.2, 0.25) is 0 Å². The van der Waals surface area contributed by atoms with Gasteiger partial charge in [-0.25, -0.2) is 4.39 Å². The van der Waals surface area contributed by atoms with Gasteiger partial charge in [0.2, 0.25) is 0 Å². The molecule has 6 heteroatoms. The van der Waals surface area contributed by atoms with Crippen molar-refractivity contribution in [1.29, 1.82) is 0 Å². The number of hydrogen-bond acceptors (Lipinski definition) is 3. The molecule has 2 N–H and O–H groups in total. The highest BCUT2D eigenvalue weighted by Crippen LogP contribution is 2.22. The second-order valence-electron chi connectivity index (χ2n) is 4.44. The Hall–Kier alpha value is -2.89. The Balaban J connectivity index is 1.89. The van der Waals surface area contributed by atoms with E-state index in [1.54, 1.807) is 12.3 Å². The topological polar surface area (TPSA) is 67.0 Å². The molecule has 0 bridgehead atoms. The molecular formula is C15H12FN3O2. The first-order valence-corrected chi connectivity index (χ1v) is 6.26. The average molecular weight is 285 g/mol. The maximum Gasteiger partial charge on any atom is 0.255 e. The molecule has 0 aliphatic rings. The molecule has 0 saturated heterocycles. The number of hydrogen-bond donors (Lipinski definition) is 2. The molecule has 0 spiro atoms. The highest BCUT2D eigenvalue weighted by Gasteiger charge is 2.12. The number of benzene rings is 2. The molecule has 1 heterocycles. The third kappa shape index (κ3) is 2.43. The molecule has 0 fully saturated rings. The molecule has 3 rings (SSSR count). The Morgan fingerprint density at radius 3 is 2.95 bits per heavy atom. The zero-order valence-electron chi connectivity index (χ0n) is 11.2. The second-order valence-corrected chi connectivity index (χ2v) is 4.44. The Labute approximate surface area is 119 Å². The number of methoxy groups -OCH3 is 1. The summed E-state index contributed by atoms with van der Waals surface area (Å²) < 4.78 is 18.5. The lowest BCUT2D eigenvalue weighted by Crippen LogP contribution is -2.12. The summed E-state index contributed by atoms with van der Waals surface area (Å²) in [6.45, 7) is 0. The number of nitrogens with zero attached hydrogens (tertiary/aromatic N) is 1. The standard InChI is InChI=1S/C15H12FN3O2/c1-21-13-6-5-9(7-11(13)16)15(20)18-12-4-2-3-10-8-17-19-14(10)12/h2-8H,1H3,(H,17,19)(H,18,20). The van der Waals surface area contributed by atoms with E-state index in [9.17, 15) is 9.18 Å². The van der Waals surface area contributed by atoms with Crippen molar-refractivity contribution in [2.24, 2.45) is 0 Å². The van der Waals surface area contributed by atoms with Crippen molar-refractivity contribution < 1.29 is 13.9 Å². The fourth-order valence-electron chi connectivity index (χ4n) is 2.08. The van der Waals surface area contributed by atoms with Crippen LogP contribution in [0.1, 0.15) is 10.4 Å². The van der Waals surface area contributed by atoms with Gasteiger partial charge < -0.3 is 10.1 Å². The number of amides is 1. The highest BCUT2D eigenvalue weighted by atomic mass is 19.1. The van der Waals surface area contributed by atoms with Crippen molar-refractivity contribution in [3.63, 3.8) is 0 Å². The molecule has 3 aromatic rings. The van der Waals surface area contributed by atoms with Gasteiger partial charge >= 0.3 is 0 Å². The molecule has 0 atom stereocenters. The van der Waals surface area contributed by atoms with Gasteiger partial charge in [-0.15, -0.1) is 0 Å². The fraction of sp³-hybridized carbons (Fsp3) is 0.0667. The molecule has 5 nitrogen and oxygen atoms in total. The van der Waals surface area contributed by atoms with E-state index in [2.05, 4.69) is 15.5 Å². The summed E-state index contributed by atoms with van der Waals surface area (Å²) in [5.74, 6) is -0.884. The normalized spacial score (nSPS) is 10.6. The lowest BCUT2D eigenvalue weighted by Gasteiger charge is -2.07. The van der Waals surface area contributed by atoms with Gasteiger partial charge in [0.25, 0.3) is 5.91 Å². The Bertz CT molecular complexity index is 814. The molecule has 1 amide bonds.